The Bertz CT molecular complexity index is 582. The van der Waals surface area contributed by atoms with E-state index in [1.807, 2.05) is 25.1 Å². The SMILES string of the molecule is CCNC(=O)COC(c1cccc(Cl)c1)[C@@H]1CCCN(C(N)=O)C1. The summed E-state index contributed by atoms with van der Waals surface area (Å²) in [5, 5.41) is 3.33. The summed E-state index contributed by atoms with van der Waals surface area (Å²) < 4.78 is 5.92. The number of hydrogen-bond acceptors (Lipinski definition) is 3. The van der Waals surface area contributed by atoms with Crippen LogP contribution >= 0.6 is 11.6 Å². The molecule has 132 valence electrons. The molecule has 0 bridgehead atoms. The molecule has 1 aromatic carbocycles. The Morgan fingerprint density at radius 3 is 2.96 bits per heavy atom. The highest BCUT2D eigenvalue weighted by atomic mass is 35.5. The van der Waals surface area contributed by atoms with Gasteiger partial charge in [0.05, 0.1) is 6.10 Å². The maximum Gasteiger partial charge on any atom is 0.314 e. The molecule has 1 aromatic rings. The normalized spacial score (nSPS) is 18.9. The summed E-state index contributed by atoms with van der Waals surface area (Å²) in [5.74, 6) is -0.0914. The summed E-state index contributed by atoms with van der Waals surface area (Å²) in [5.41, 5.74) is 6.32. The number of primary amides is 1. The first-order chi connectivity index (χ1) is 11.5. The van der Waals surface area contributed by atoms with Gasteiger partial charge in [0.2, 0.25) is 5.91 Å². The van der Waals surface area contributed by atoms with Gasteiger partial charge in [0.1, 0.15) is 6.61 Å². The zero-order valence-electron chi connectivity index (χ0n) is 13.8. The first kappa shape index (κ1) is 18.5. The van der Waals surface area contributed by atoms with Crippen molar-refractivity contribution in [3.63, 3.8) is 0 Å². The minimum Gasteiger partial charge on any atom is -0.363 e. The van der Waals surface area contributed by atoms with E-state index in [-0.39, 0.29) is 24.5 Å². The molecule has 2 rings (SSSR count). The summed E-state index contributed by atoms with van der Waals surface area (Å²) >= 11 is 6.10. The molecule has 0 saturated carbocycles. The first-order valence-electron chi connectivity index (χ1n) is 8.19. The topological polar surface area (TPSA) is 84.7 Å². The van der Waals surface area contributed by atoms with Crippen LogP contribution in [0.25, 0.3) is 0 Å². The molecular formula is C17H24ClN3O3. The van der Waals surface area contributed by atoms with Crippen LogP contribution in [0.5, 0.6) is 0 Å². The van der Waals surface area contributed by atoms with Gasteiger partial charge in [-0.2, -0.15) is 0 Å². The van der Waals surface area contributed by atoms with Crippen molar-refractivity contribution in [3.05, 3.63) is 34.9 Å². The zero-order valence-corrected chi connectivity index (χ0v) is 14.6. The fraction of sp³-hybridized carbons (Fsp3) is 0.529. The van der Waals surface area contributed by atoms with Crippen LogP contribution in [0.3, 0.4) is 0 Å². The smallest absolute Gasteiger partial charge is 0.314 e. The number of hydrogen-bond donors (Lipinski definition) is 2. The van der Waals surface area contributed by atoms with Crippen molar-refractivity contribution in [1.82, 2.24) is 10.2 Å². The van der Waals surface area contributed by atoms with Gasteiger partial charge in [-0.3, -0.25) is 4.79 Å². The van der Waals surface area contributed by atoms with Crippen LogP contribution in [0, 0.1) is 5.92 Å². The standard InChI is InChI=1S/C17H24ClN3O3/c1-2-20-15(22)11-24-16(12-5-3-7-14(18)9-12)13-6-4-8-21(10-13)17(19)23/h3,5,7,9,13,16H,2,4,6,8,10-11H2,1H3,(H2,19,23)(H,20,22)/t13-,16?/m1/s1. The van der Waals surface area contributed by atoms with Gasteiger partial charge in [-0.15, -0.1) is 0 Å². The molecule has 1 saturated heterocycles. The molecule has 0 aliphatic carbocycles. The Kier molecular flexibility index (Phi) is 6.87. The van der Waals surface area contributed by atoms with Crippen molar-refractivity contribution in [1.29, 1.82) is 0 Å². The average Bonchev–Trinajstić information content (AvgIpc) is 2.55. The van der Waals surface area contributed by atoms with Crippen LogP contribution in [0.15, 0.2) is 24.3 Å². The molecule has 0 radical (unpaired) electrons. The monoisotopic (exact) mass is 353 g/mol. The van der Waals surface area contributed by atoms with Gasteiger partial charge >= 0.3 is 6.03 Å². The summed E-state index contributed by atoms with van der Waals surface area (Å²) in [4.78, 5) is 24.9. The first-order valence-corrected chi connectivity index (χ1v) is 8.57. The largest absolute Gasteiger partial charge is 0.363 e. The third-order valence-electron chi connectivity index (χ3n) is 4.14. The number of nitrogens with zero attached hydrogens (tertiary/aromatic N) is 1. The molecule has 3 amide bonds. The number of carbonyl (C=O) groups is 2. The average molecular weight is 354 g/mol. The molecule has 3 N–H and O–H groups in total. The van der Waals surface area contributed by atoms with Crippen molar-refractivity contribution in [2.45, 2.75) is 25.9 Å². The Morgan fingerprint density at radius 2 is 2.29 bits per heavy atom. The van der Waals surface area contributed by atoms with Gasteiger partial charge < -0.3 is 20.7 Å². The van der Waals surface area contributed by atoms with Gasteiger partial charge in [0.15, 0.2) is 0 Å². The third-order valence-corrected chi connectivity index (χ3v) is 4.38. The fourth-order valence-electron chi connectivity index (χ4n) is 3.06. The second-order valence-electron chi connectivity index (χ2n) is 5.93. The van der Waals surface area contributed by atoms with Crippen molar-refractivity contribution in [2.24, 2.45) is 11.7 Å². The van der Waals surface area contributed by atoms with E-state index in [9.17, 15) is 9.59 Å². The number of urea groups is 1. The molecule has 1 aliphatic rings. The third kappa shape index (κ3) is 5.11. The molecule has 1 fully saturated rings. The Morgan fingerprint density at radius 1 is 1.50 bits per heavy atom. The number of nitrogens with one attached hydrogen (secondary N) is 1. The summed E-state index contributed by atoms with van der Waals surface area (Å²) in [6.07, 6.45) is 1.44. The quantitative estimate of drug-likeness (QED) is 0.823. The van der Waals surface area contributed by atoms with Crippen molar-refractivity contribution >= 4 is 23.5 Å². The van der Waals surface area contributed by atoms with E-state index in [0.29, 0.717) is 24.7 Å². The highest BCUT2D eigenvalue weighted by molar-refractivity contribution is 6.30. The van der Waals surface area contributed by atoms with Gasteiger partial charge in [0.25, 0.3) is 0 Å². The second kappa shape index (κ2) is 8.89. The van der Waals surface area contributed by atoms with Crippen molar-refractivity contribution in [2.75, 3.05) is 26.2 Å². The molecule has 0 aromatic heterocycles. The molecule has 7 heteroatoms. The molecular weight excluding hydrogens is 330 g/mol. The summed E-state index contributed by atoms with van der Waals surface area (Å²) in [7, 11) is 0. The van der Waals surface area contributed by atoms with Crippen molar-refractivity contribution in [3.8, 4) is 0 Å². The maximum atomic E-state index is 11.8. The number of carbonyl (C=O) groups excluding carboxylic acids is 2. The Labute approximate surface area is 147 Å². The number of likely N-dealkylation sites (tertiary alicyclic amines) is 1. The molecule has 6 nitrogen and oxygen atoms in total. The molecule has 1 heterocycles. The van der Waals surface area contributed by atoms with E-state index in [1.54, 1.807) is 11.0 Å². The minimum atomic E-state index is -0.423. The highest BCUT2D eigenvalue weighted by Gasteiger charge is 2.31. The summed E-state index contributed by atoms with van der Waals surface area (Å²) in [6, 6.07) is 7.00. The van der Waals surface area contributed by atoms with Gasteiger partial charge in [-0.25, -0.2) is 4.79 Å². The number of halogens is 1. The predicted molar refractivity (Wildman–Crippen MR) is 92.7 cm³/mol. The van der Waals surface area contributed by atoms with Crippen LogP contribution < -0.4 is 11.1 Å². The number of likely N-dealkylation sites (N-methyl/N-ethyl adjacent to an activating group) is 1. The van der Waals surface area contributed by atoms with Crippen LogP contribution in [0.4, 0.5) is 4.79 Å². The van der Waals surface area contributed by atoms with E-state index in [2.05, 4.69) is 5.32 Å². The lowest BCUT2D eigenvalue weighted by molar-refractivity contribution is -0.129. The number of benzene rings is 1. The fourth-order valence-corrected chi connectivity index (χ4v) is 3.26. The van der Waals surface area contributed by atoms with Gasteiger partial charge in [-0.05, 0) is 37.5 Å². The molecule has 1 aliphatic heterocycles. The predicted octanol–water partition coefficient (Wildman–Crippen LogP) is 2.32. The van der Waals surface area contributed by atoms with E-state index < -0.39 is 6.03 Å². The van der Waals surface area contributed by atoms with E-state index >= 15 is 0 Å². The zero-order chi connectivity index (χ0) is 17.5. The number of piperidine rings is 1. The van der Waals surface area contributed by atoms with E-state index in [0.717, 1.165) is 18.4 Å². The Balaban J connectivity index is 2.15. The van der Waals surface area contributed by atoms with Gasteiger partial charge in [0, 0.05) is 30.6 Å². The highest BCUT2D eigenvalue weighted by Crippen LogP contribution is 2.33. The molecule has 24 heavy (non-hydrogen) atoms. The van der Waals surface area contributed by atoms with E-state index in [1.165, 1.54) is 0 Å². The number of amides is 3. The van der Waals surface area contributed by atoms with Crippen LogP contribution in [-0.2, 0) is 9.53 Å². The number of rotatable bonds is 6. The molecule has 2 atom stereocenters. The number of ether oxygens (including phenoxy) is 1. The van der Waals surface area contributed by atoms with Crippen LogP contribution in [-0.4, -0.2) is 43.1 Å². The maximum absolute atomic E-state index is 11.8. The van der Waals surface area contributed by atoms with Crippen LogP contribution in [0.2, 0.25) is 5.02 Å². The minimum absolute atomic E-state index is 0.0297. The van der Waals surface area contributed by atoms with Gasteiger partial charge in [-0.1, -0.05) is 23.7 Å². The van der Waals surface area contributed by atoms with Crippen LogP contribution in [0.1, 0.15) is 31.4 Å². The van der Waals surface area contributed by atoms with Crippen molar-refractivity contribution < 1.29 is 14.3 Å². The lowest BCUT2D eigenvalue weighted by atomic mass is 9.88. The lowest BCUT2D eigenvalue weighted by Gasteiger charge is -2.36. The van der Waals surface area contributed by atoms with E-state index in [4.69, 9.17) is 22.1 Å². The second-order valence-corrected chi connectivity index (χ2v) is 6.36. The lowest BCUT2D eigenvalue weighted by Crippen LogP contribution is -2.45. The Hall–Kier alpha value is -1.79. The molecule has 1 unspecified atom stereocenters. The number of nitrogens with two attached hydrogens (primary N) is 1. The summed E-state index contributed by atoms with van der Waals surface area (Å²) in [6.45, 7) is 3.56. The molecule has 0 spiro atoms.